The van der Waals surface area contributed by atoms with Gasteiger partial charge in [0.15, 0.2) is 15.6 Å². The Bertz CT molecular complexity index is 1260. The molecule has 0 bridgehead atoms. The maximum atomic E-state index is 14.1. The van der Waals surface area contributed by atoms with Gasteiger partial charge in [-0.3, -0.25) is 10.3 Å². The molecule has 1 aromatic carbocycles. The van der Waals surface area contributed by atoms with Crippen molar-refractivity contribution in [3.05, 3.63) is 53.5 Å². The molecule has 0 radical (unpaired) electrons. The van der Waals surface area contributed by atoms with Gasteiger partial charge in [-0.2, -0.15) is 0 Å². The van der Waals surface area contributed by atoms with Gasteiger partial charge < -0.3 is 14.8 Å². The van der Waals surface area contributed by atoms with Crippen LogP contribution < -0.4 is 10.1 Å². The van der Waals surface area contributed by atoms with Crippen molar-refractivity contribution in [2.24, 2.45) is 0 Å². The molecule has 1 aliphatic heterocycles. The highest BCUT2D eigenvalue weighted by molar-refractivity contribution is 7.90. The number of sulfone groups is 1. The van der Waals surface area contributed by atoms with E-state index in [-0.39, 0.29) is 17.9 Å². The summed E-state index contributed by atoms with van der Waals surface area (Å²) in [7, 11) is -3.52. The molecular weight excluding hydrogens is 452 g/mol. The number of hydrogen-bond donors (Lipinski definition) is 3. The molecule has 1 aliphatic rings. The van der Waals surface area contributed by atoms with Crippen LogP contribution in [0, 0.1) is 0 Å². The number of aromatic nitrogens is 2. The first-order chi connectivity index (χ1) is 15.4. The maximum Gasteiger partial charge on any atom is 0.280 e. The minimum Gasteiger partial charge on any atom is -0.493 e. The Morgan fingerprint density at radius 1 is 1.30 bits per heavy atom. The van der Waals surface area contributed by atoms with Crippen molar-refractivity contribution >= 4 is 20.7 Å². The standard InChI is InChI=1S/C23H27F2N3O4S/c1-22(2,18-10-17(33(3,30)31)9-15-5-7-32-20(15)18)13-23(29,21(24)25)27-11-16-8-14-4-6-26-12-19(14)28-16/h4,6,8-10,12,21,27-29H,5,7,11,13H2,1-3H3. The van der Waals surface area contributed by atoms with Gasteiger partial charge in [0.25, 0.3) is 6.43 Å². The van der Waals surface area contributed by atoms with E-state index < -0.39 is 27.4 Å². The number of pyridine rings is 1. The number of nitrogens with zero attached hydrogens (tertiary/aromatic N) is 1. The third-order valence-corrected chi connectivity index (χ3v) is 7.14. The van der Waals surface area contributed by atoms with Crippen LogP contribution in [-0.2, 0) is 28.2 Å². The van der Waals surface area contributed by atoms with E-state index in [1.54, 1.807) is 44.4 Å². The Labute approximate surface area is 191 Å². The van der Waals surface area contributed by atoms with Crippen molar-refractivity contribution in [2.75, 3.05) is 12.9 Å². The molecule has 7 nitrogen and oxygen atoms in total. The average molecular weight is 480 g/mol. The third kappa shape index (κ3) is 4.73. The monoisotopic (exact) mass is 479 g/mol. The van der Waals surface area contributed by atoms with E-state index in [1.807, 2.05) is 0 Å². The SMILES string of the molecule is CC(C)(CC(O)(NCc1cc2ccncc2[nH]1)C(F)F)c1cc(S(C)(=O)=O)cc2c1OCC2. The van der Waals surface area contributed by atoms with Gasteiger partial charge >= 0.3 is 0 Å². The van der Waals surface area contributed by atoms with Crippen LogP contribution >= 0.6 is 0 Å². The number of halogens is 2. The van der Waals surface area contributed by atoms with Crippen LogP contribution in [0.4, 0.5) is 8.78 Å². The molecule has 0 saturated carbocycles. The number of alkyl halides is 2. The lowest BCUT2D eigenvalue weighted by atomic mass is 9.76. The number of rotatable bonds is 8. The number of nitrogens with one attached hydrogen (secondary N) is 2. The predicted octanol–water partition coefficient (Wildman–Crippen LogP) is 3.31. The van der Waals surface area contributed by atoms with E-state index >= 15 is 0 Å². The highest BCUT2D eigenvalue weighted by Gasteiger charge is 2.44. The molecule has 2 aromatic heterocycles. The molecule has 10 heteroatoms. The van der Waals surface area contributed by atoms with E-state index in [4.69, 9.17) is 4.74 Å². The fourth-order valence-corrected chi connectivity index (χ4v) is 5.05. The van der Waals surface area contributed by atoms with Crippen LogP contribution in [0.1, 0.15) is 37.1 Å². The Morgan fingerprint density at radius 2 is 2.06 bits per heavy atom. The zero-order valence-corrected chi connectivity index (χ0v) is 19.5. The number of H-pyrrole nitrogens is 1. The van der Waals surface area contributed by atoms with Crippen molar-refractivity contribution in [2.45, 2.75) is 55.7 Å². The maximum absolute atomic E-state index is 14.1. The van der Waals surface area contributed by atoms with Crippen molar-refractivity contribution in [1.29, 1.82) is 0 Å². The largest absolute Gasteiger partial charge is 0.493 e. The smallest absolute Gasteiger partial charge is 0.280 e. The van der Waals surface area contributed by atoms with Crippen molar-refractivity contribution in [3.63, 3.8) is 0 Å². The zero-order valence-electron chi connectivity index (χ0n) is 18.7. The van der Waals surface area contributed by atoms with Gasteiger partial charge in [0, 0.05) is 48.5 Å². The topological polar surface area (TPSA) is 104 Å². The van der Waals surface area contributed by atoms with Crippen LogP contribution in [0.5, 0.6) is 5.75 Å². The first-order valence-corrected chi connectivity index (χ1v) is 12.5. The lowest BCUT2D eigenvalue weighted by Crippen LogP contribution is -2.54. The molecule has 0 fully saturated rings. The second kappa shape index (κ2) is 8.34. The summed E-state index contributed by atoms with van der Waals surface area (Å²) in [6, 6.07) is 6.64. The Kier molecular flexibility index (Phi) is 5.96. The summed E-state index contributed by atoms with van der Waals surface area (Å²) in [4.78, 5) is 7.22. The molecule has 1 unspecified atom stereocenters. The number of aromatic amines is 1. The van der Waals surface area contributed by atoms with Gasteiger partial charge in [-0.15, -0.1) is 0 Å². The summed E-state index contributed by atoms with van der Waals surface area (Å²) in [6.07, 6.45) is 1.45. The van der Waals surface area contributed by atoms with Gasteiger partial charge in [0.1, 0.15) is 5.75 Å². The molecule has 4 rings (SSSR count). The molecule has 1 atom stereocenters. The van der Waals surface area contributed by atoms with Crippen molar-refractivity contribution in [1.82, 2.24) is 15.3 Å². The Morgan fingerprint density at radius 3 is 2.73 bits per heavy atom. The number of fused-ring (bicyclic) bond motifs is 2. The third-order valence-electron chi connectivity index (χ3n) is 6.05. The lowest BCUT2D eigenvalue weighted by molar-refractivity contribution is -0.134. The Balaban J connectivity index is 1.63. The molecule has 0 aliphatic carbocycles. The number of benzene rings is 1. The van der Waals surface area contributed by atoms with E-state index in [0.717, 1.165) is 22.7 Å². The van der Waals surface area contributed by atoms with Gasteiger partial charge in [-0.25, -0.2) is 17.2 Å². The van der Waals surface area contributed by atoms with Crippen LogP contribution in [0.25, 0.3) is 10.9 Å². The normalized spacial score (nSPS) is 16.1. The summed E-state index contributed by atoms with van der Waals surface area (Å²) in [6.45, 7) is 3.75. The summed E-state index contributed by atoms with van der Waals surface area (Å²) in [5.74, 6) is 0.507. The lowest BCUT2D eigenvalue weighted by Gasteiger charge is -2.37. The number of ether oxygens (including phenoxy) is 1. The molecular formula is C23H27F2N3O4S. The second-order valence-electron chi connectivity index (χ2n) is 9.23. The van der Waals surface area contributed by atoms with Crippen LogP contribution in [0.15, 0.2) is 41.6 Å². The molecule has 0 spiro atoms. The van der Waals surface area contributed by atoms with Crippen LogP contribution in [-0.4, -0.2) is 48.5 Å². The predicted molar refractivity (Wildman–Crippen MR) is 120 cm³/mol. The highest BCUT2D eigenvalue weighted by Crippen LogP contribution is 2.43. The molecule has 3 N–H and O–H groups in total. The fourth-order valence-electron chi connectivity index (χ4n) is 4.36. The molecule has 3 aromatic rings. The minimum absolute atomic E-state index is 0.0242. The molecule has 0 amide bonds. The average Bonchev–Trinajstić information content (AvgIpc) is 3.36. The first-order valence-electron chi connectivity index (χ1n) is 10.6. The fraction of sp³-hybridized carbons (Fsp3) is 0.435. The van der Waals surface area contributed by atoms with E-state index in [9.17, 15) is 22.3 Å². The number of hydrogen-bond acceptors (Lipinski definition) is 6. The van der Waals surface area contributed by atoms with Gasteiger partial charge in [0.2, 0.25) is 0 Å². The second-order valence-corrected chi connectivity index (χ2v) is 11.2. The minimum atomic E-state index is -3.52. The van der Waals surface area contributed by atoms with Gasteiger partial charge in [-0.05, 0) is 35.2 Å². The summed E-state index contributed by atoms with van der Waals surface area (Å²) in [5, 5.41) is 14.4. The van der Waals surface area contributed by atoms with Crippen molar-refractivity contribution < 1.29 is 27.0 Å². The molecule has 3 heterocycles. The molecule has 33 heavy (non-hydrogen) atoms. The van der Waals surface area contributed by atoms with Gasteiger partial charge in [-0.1, -0.05) is 13.8 Å². The van der Waals surface area contributed by atoms with E-state index in [1.165, 1.54) is 6.07 Å². The summed E-state index contributed by atoms with van der Waals surface area (Å²) in [5.41, 5.74) is -0.959. The van der Waals surface area contributed by atoms with Crippen LogP contribution in [0.2, 0.25) is 0 Å². The summed E-state index contributed by atoms with van der Waals surface area (Å²) < 4.78 is 58.4. The molecule has 0 saturated heterocycles. The Hall–Kier alpha value is -2.56. The first kappa shape index (κ1) is 23.6. The van der Waals surface area contributed by atoms with Crippen LogP contribution in [0.3, 0.4) is 0 Å². The van der Waals surface area contributed by atoms with E-state index in [0.29, 0.717) is 30.0 Å². The van der Waals surface area contributed by atoms with Gasteiger partial charge in [0.05, 0.1) is 23.2 Å². The number of aliphatic hydroxyl groups is 1. The zero-order chi connectivity index (χ0) is 24.0. The quantitative estimate of drug-likeness (QED) is 0.428. The van der Waals surface area contributed by atoms with E-state index in [2.05, 4.69) is 15.3 Å². The highest BCUT2D eigenvalue weighted by atomic mass is 32.2. The van der Waals surface area contributed by atoms with Crippen molar-refractivity contribution in [3.8, 4) is 5.75 Å². The summed E-state index contributed by atoms with van der Waals surface area (Å²) >= 11 is 0. The molecule has 178 valence electrons.